The average molecular weight is 268 g/mol. The normalized spacial score (nSPS) is 31.8. The second kappa shape index (κ2) is 4.67. The predicted octanol–water partition coefficient (Wildman–Crippen LogP) is 1.85. The Kier molecular flexibility index (Phi) is 3.16. The minimum Gasteiger partial charge on any atom is -0.310 e. The summed E-state index contributed by atoms with van der Waals surface area (Å²) < 4.78 is 0. The number of alkyl halides is 1. The zero-order valence-corrected chi connectivity index (χ0v) is 11.3. The summed E-state index contributed by atoms with van der Waals surface area (Å²) in [5.74, 6) is 1.52. The molecule has 0 radical (unpaired) electrons. The van der Waals surface area contributed by atoms with Crippen LogP contribution < -0.4 is 5.56 Å². The Morgan fingerprint density at radius 3 is 2.72 bits per heavy atom. The van der Waals surface area contributed by atoms with Crippen LogP contribution in [0, 0.1) is 0 Å². The Morgan fingerprint density at radius 1 is 1.44 bits per heavy atom. The van der Waals surface area contributed by atoms with E-state index < -0.39 is 0 Å². The van der Waals surface area contributed by atoms with Gasteiger partial charge in [0.2, 0.25) is 0 Å². The van der Waals surface area contributed by atoms with Crippen LogP contribution >= 0.6 is 11.6 Å². The molecule has 2 aliphatic heterocycles. The summed E-state index contributed by atoms with van der Waals surface area (Å²) in [7, 11) is 2.21. The SMILES string of the molecule is CN1C2CCC1CC(c1nc(CCl)cc(=O)[nH]1)C2. The van der Waals surface area contributed by atoms with Gasteiger partial charge in [-0.2, -0.15) is 0 Å². The molecule has 0 saturated carbocycles. The number of aromatic amines is 1. The van der Waals surface area contributed by atoms with Gasteiger partial charge in [0.15, 0.2) is 0 Å². The van der Waals surface area contributed by atoms with Crippen LogP contribution in [0.2, 0.25) is 0 Å². The number of hydrogen-bond donors (Lipinski definition) is 1. The van der Waals surface area contributed by atoms with E-state index >= 15 is 0 Å². The summed E-state index contributed by atoms with van der Waals surface area (Å²) >= 11 is 5.78. The van der Waals surface area contributed by atoms with Crippen molar-refractivity contribution in [3.63, 3.8) is 0 Å². The number of halogens is 1. The lowest BCUT2D eigenvalue weighted by Gasteiger charge is -2.35. The van der Waals surface area contributed by atoms with Gasteiger partial charge < -0.3 is 9.88 Å². The standard InChI is InChI=1S/C13H18ClN3O/c1-17-10-2-3-11(17)5-8(4-10)13-15-9(7-14)6-12(18)16-13/h6,8,10-11H,2-5,7H2,1H3,(H,15,16,18). The number of aromatic nitrogens is 2. The molecule has 3 rings (SSSR count). The maximum atomic E-state index is 11.6. The molecule has 2 unspecified atom stereocenters. The molecule has 1 aromatic rings. The van der Waals surface area contributed by atoms with Crippen molar-refractivity contribution >= 4 is 11.6 Å². The van der Waals surface area contributed by atoms with Gasteiger partial charge in [-0.1, -0.05) is 0 Å². The van der Waals surface area contributed by atoms with E-state index in [0.717, 1.165) is 18.7 Å². The van der Waals surface area contributed by atoms with Crippen LogP contribution in [-0.2, 0) is 5.88 Å². The summed E-state index contributed by atoms with van der Waals surface area (Å²) in [6.45, 7) is 0. The molecule has 2 saturated heterocycles. The van der Waals surface area contributed by atoms with E-state index in [0.29, 0.717) is 29.6 Å². The highest BCUT2D eigenvalue weighted by Gasteiger charge is 2.39. The lowest BCUT2D eigenvalue weighted by molar-refractivity contribution is 0.158. The first-order valence-corrected chi connectivity index (χ1v) is 7.09. The largest absolute Gasteiger partial charge is 0.310 e. The van der Waals surface area contributed by atoms with Crippen molar-refractivity contribution in [3.05, 3.63) is 27.9 Å². The van der Waals surface area contributed by atoms with Gasteiger partial charge in [0.05, 0.1) is 11.6 Å². The van der Waals surface area contributed by atoms with Crippen molar-refractivity contribution in [3.8, 4) is 0 Å². The van der Waals surface area contributed by atoms with Gasteiger partial charge in [-0.05, 0) is 32.7 Å². The monoisotopic (exact) mass is 267 g/mol. The quantitative estimate of drug-likeness (QED) is 0.832. The summed E-state index contributed by atoms with van der Waals surface area (Å²) in [6, 6.07) is 2.79. The molecule has 0 aliphatic carbocycles. The molecule has 0 aromatic carbocycles. The molecule has 5 heteroatoms. The number of fused-ring (bicyclic) bond motifs is 2. The molecule has 98 valence electrons. The summed E-state index contributed by atoms with van der Waals surface area (Å²) in [6.07, 6.45) is 4.75. The van der Waals surface area contributed by atoms with Crippen molar-refractivity contribution in [1.82, 2.24) is 14.9 Å². The second-order valence-electron chi connectivity index (χ2n) is 5.47. The van der Waals surface area contributed by atoms with Crippen LogP contribution in [0.4, 0.5) is 0 Å². The second-order valence-corrected chi connectivity index (χ2v) is 5.74. The first-order valence-electron chi connectivity index (χ1n) is 6.55. The van der Waals surface area contributed by atoms with E-state index in [2.05, 4.69) is 21.9 Å². The first-order chi connectivity index (χ1) is 8.67. The van der Waals surface area contributed by atoms with Gasteiger partial charge in [-0.25, -0.2) is 4.98 Å². The number of nitrogens with zero attached hydrogens (tertiary/aromatic N) is 2. The molecule has 2 atom stereocenters. The van der Waals surface area contributed by atoms with E-state index in [1.807, 2.05) is 0 Å². The van der Waals surface area contributed by atoms with Crippen LogP contribution in [0.5, 0.6) is 0 Å². The molecule has 2 bridgehead atoms. The third kappa shape index (κ3) is 2.08. The van der Waals surface area contributed by atoms with Gasteiger partial charge in [-0.3, -0.25) is 4.79 Å². The number of H-pyrrole nitrogens is 1. The zero-order valence-electron chi connectivity index (χ0n) is 10.5. The molecule has 0 amide bonds. The molecule has 1 aromatic heterocycles. The van der Waals surface area contributed by atoms with Gasteiger partial charge in [0.25, 0.3) is 5.56 Å². The Bertz CT molecular complexity index is 487. The smallest absolute Gasteiger partial charge is 0.251 e. The Labute approximate surface area is 111 Å². The average Bonchev–Trinajstić information content (AvgIpc) is 2.60. The van der Waals surface area contributed by atoms with Crippen molar-refractivity contribution in [2.45, 2.75) is 49.6 Å². The number of hydrogen-bond acceptors (Lipinski definition) is 3. The third-order valence-electron chi connectivity index (χ3n) is 4.43. The Morgan fingerprint density at radius 2 is 2.11 bits per heavy atom. The third-order valence-corrected chi connectivity index (χ3v) is 4.71. The molecule has 0 spiro atoms. The highest BCUT2D eigenvalue weighted by molar-refractivity contribution is 6.16. The van der Waals surface area contributed by atoms with Gasteiger partial charge in [-0.15, -0.1) is 11.6 Å². The number of piperidine rings is 1. The first kappa shape index (κ1) is 12.2. The van der Waals surface area contributed by atoms with Gasteiger partial charge >= 0.3 is 0 Å². The van der Waals surface area contributed by atoms with Crippen LogP contribution in [0.1, 0.15) is 43.1 Å². The number of nitrogens with one attached hydrogen (secondary N) is 1. The molecule has 3 heterocycles. The minimum absolute atomic E-state index is 0.0816. The van der Waals surface area contributed by atoms with Crippen LogP contribution in [0.15, 0.2) is 10.9 Å². The summed E-state index contributed by atoms with van der Waals surface area (Å²) in [5, 5.41) is 0. The van der Waals surface area contributed by atoms with E-state index in [1.54, 1.807) is 0 Å². The minimum atomic E-state index is -0.0816. The maximum absolute atomic E-state index is 11.6. The fraction of sp³-hybridized carbons (Fsp3) is 0.692. The molecule has 4 nitrogen and oxygen atoms in total. The molecule has 2 aliphatic rings. The topological polar surface area (TPSA) is 49.0 Å². The van der Waals surface area contributed by atoms with Crippen LogP contribution in [-0.4, -0.2) is 34.0 Å². The van der Waals surface area contributed by atoms with Crippen molar-refractivity contribution < 1.29 is 0 Å². The molecule has 18 heavy (non-hydrogen) atoms. The maximum Gasteiger partial charge on any atom is 0.251 e. The highest BCUT2D eigenvalue weighted by atomic mass is 35.5. The van der Waals surface area contributed by atoms with Crippen LogP contribution in [0.25, 0.3) is 0 Å². The molecule has 2 fully saturated rings. The fourth-order valence-corrected chi connectivity index (χ4v) is 3.56. The fourth-order valence-electron chi connectivity index (χ4n) is 3.43. The van der Waals surface area contributed by atoms with E-state index in [9.17, 15) is 4.79 Å². The molecule has 1 N–H and O–H groups in total. The molecular weight excluding hydrogens is 250 g/mol. The zero-order chi connectivity index (χ0) is 12.7. The van der Waals surface area contributed by atoms with Crippen molar-refractivity contribution in [1.29, 1.82) is 0 Å². The van der Waals surface area contributed by atoms with Crippen LogP contribution in [0.3, 0.4) is 0 Å². The van der Waals surface area contributed by atoms with Gasteiger partial charge in [0, 0.05) is 24.1 Å². The Balaban J connectivity index is 1.88. The summed E-state index contributed by atoms with van der Waals surface area (Å²) in [5.41, 5.74) is 0.601. The molecular formula is C13H18ClN3O. The van der Waals surface area contributed by atoms with Gasteiger partial charge in [0.1, 0.15) is 5.82 Å². The predicted molar refractivity (Wildman–Crippen MR) is 71.0 cm³/mol. The summed E-state index contributed by atoms with van der Waals surface area (Å²) in [4.78, 5) is 21.5. The lowest BCUT2D eigenvalue weighted by Crippen LogP contribution is -2.39. The van der Waals surface area contributed by atoms with Crippen molar-refractivity contribution in [2.24, 2.45) is 0 Å². The van der Waals surface area contributed by atoms with E-state index in [1.165, 1.54) is 18.9 Å². The van der Waals surface area contributed by atoms with Crippen molar-refractivity contribution in [2.75, 3.05) is 7.05 Å². The highest BCUT2D eigenvalue weighted by Crippen LogP contribution is 2.40. The van der Waals surface area contributed by atoms with E-state index in [4.69, 9.17) is 11.6 Å². The van der Waals surface area contributed by atoms with E-state index in [-0.39, 0.29) is 5.56 Å². The Hall–Kier alpha value is -0.870. The number of rotatable bonds is 2. The lowest BCUT2D eigenvalue weighted by atomic mass is 9.90.